The first-order chi connectivity index (χ1) is 16.8. The smallest absolute Gasteiger partial charge is 0.309 e. The number of carboxylic acids is 1. The van der Waals surface area contributed by atoms with Crippen LogP contribution in [0.1, 0.15) is 64.5 Å². The molecule has 0 spiro atoms. The molecule has 0 saturated heterocycles. The number of anilines is 2. The van der Waals surface area contributed by atoms with Gasteiger partial charge in [0.2, 0.25) is 11.8 Å². The Hall–Kier alpha value is -3.04. The highest BCUT2D eigenvalue weighted by molar-refractivity contribution is 7.15. The fraction of sp³-hybridized carbons (Fsp3) is 0.481. The van der Waals surface area contributed by atoms with Crippen molar-refractivity contribution < 1.29 is 19.7 Å². The lowest BCUT2D eigenvalue weighted by Crippen LogP contribution is -2.51. The Morgan fingerprint density at radius 2 is 1.92 bits per heavy atom. The van der Waals surface area contributed by atoms with Crippen LogP contribution in [0.5, 0.6) is 5.88 Å². The average Bonchev–Trinajstić information content (AvgIpc) is 3.27. The first-order valence-corrected chi connectivity index (χ1v) is 12.9. The lowest BCUT2D eigenvalue weighted by atomic mass is 9.55. The minimum absolute atomic E-state index is 0.0151. The van der Waals surface area contributed by atoms with Crippen LogP contribution in [0.15, 0.2) is 36.7 Å². The molecule has 0 amide bonds. The molecule has 192 valence electrons. The number of aliphatic hydroxyl groups is 1. The zero-order valence-electron chi connectivity index (χ0n) is 21.6. The zero-order chi connectivity index (χ0) is 26.3. The topological polar surface area (TPSA) is 117 Å². The number of hydrogen-bond acceptors (Lipinski definition) is 8. The summed E-state index contributed by atoms with van der Waals surface area (Å²) < 4.78 is 5.67. The van der Waals surface area contributed by atoms with Crippen molar-refractivity contribution in [3.8, 4) is 16.3 Å². The molecule has 0 unspecified atom stereocenters. The number of carboxylic acid groups (broad SMARTS) is 1. The number of nitrogens with one attached hydrogen (secondary N) is 1. The van der Waals surface area contributed by atoms with Crippen molar-refractivity contribution in [2.45, 2.75) is 72.5 Å². The molecule has 0 radical (unpaired) electrons. The van der Waals surface area contributed by atoms with Gasteiger partial charge in [-0.1, -0.05) is 19.9 Å². The number of aliphatic carboxylic acids is 1. The predicted octanol–water partition coefficient (Wildman–Crippen LogP) is 5.93. The van der Waals surface area contributed by atoms with Crippen molar-refractivity contribution in [3.63, 3.8) is 0 Å². The Morgan fingerprint density at radius 1 is 1.17 bits per heavy atom. The second kappa shape index (κ2) is 9.44. The molecular formula is C27H34N4O4S. The van der Waals surface area contributed by atoms with E-state index in [1.54, 1.807) is 25.4 Å². The van der Waals surface area contributed by atoms with Crippen LogP contribution >= 0.6 is 11.3 Å². The number of hydrogen-bond donors (Lipinski definition) is 3. The normalized spacial score (nSPS) is 23.4. The lowest BCUT2D eigenvalue weighted by molar-refractivity contribution is -0.170. The monoisotopic (exact) mass is 510 g/mol. The molecule has 2 atom stereocenters. The van der Waals surface area contributed by atoms with E-state index in [-0.39, 0.29) is 6.10 Å². The summed E-state index contributed by atoms with van der Waals surface area (Å²) in [6.07, 6.45) is 4.53. The van der Waals surface area contributed by atoms with Crippen LogP contribution in [-0.2, 0) is 10.4 Å². The van der Waals surface area contributed by atoms with Crippen LogP contribution in [0.25, 0.3) is 10.4 Å². The average molecular weight is 511 g/mol. The van der Waals surface area contributed by atoms with Crippen LogP contribution in [0.3, 0.4) is 0 Å². The standard InChI is InChI=1S/C27H34N4O4S/c1-16(2)35-21-7-10-28-24(31-21)30-19-12-17(3)11-18(13-19)20-14-29-22(36-20)27(34)9-8-26(6,23(32)33)25(4,5)15-27/h7,10-14,16,34H,8-9,15H2,1-6H3,(H,32,33)(H,28,30,31)/t26-,27-/m1/s1. The van der Waals surface area contributed by atoms with Crippen LogP contribution in [-0.4, -0.2) is 37.2 Å². The molecule has 4 rings (SSSR count). The van der Waals surface area contributed by atoms with Crippen molar-refractivity contribution in [2.24, 2.45) is 10.8 Å². The Kier molecular flexibility index (Phi) is 6.83. The molecule has 0 bridgehead atoms. The summed E-state index contributed by atoms with van der Waals surface area (Å²) >= 11 is 1.45. The summed E-state index contributed by atoms with van der Waals surface area (Å²) in [5.74, 6) is 0.125. The highest BCUT2D eigenvalue weighted by Crippen LogP contribution is 2.56. The summed E-state index contributed by atoms with van der Waals surface area (Å²) in [7, 11) is 0. The number of aryl methyl sites for hydroxylation is 1. The van der Waals surface area contributed by atoms with E-state index in [9.17, 15) is 15.0 Å². The van der Waals surface area contributed by atoms with Crippen molar-refractivity contribution in [3.05, 3.63) is 47.2 Å². The number of carbonyl (C=O) groups is 1. The van der Waals surface area contributed by atoms with Gasteiger partial charge < -0.3 is 20.3 Å². The van der Waals surface area contributed by atoms with E-state index in [2.05, 4.69) is 26.3 Å². The van der Waals surface area contributed by atoms with Gasteiger partial charge in [-0.05, 0) is 75.6 Å². The quantitative estimate of drug-likeness (QED) is 0.358. The third kappa shape index (κ3) is 5.08. The third-order valence-electron chi connectivity index (χ3n) is 7.25. The summed E-state index contributed by atoms with van der Waals surface area (Å²) in [4.78, 5) is 26.2. The molecule has 3 aromatic rings. The summed E-state index contributed by atoms with van der Waals surface area (Å²) in [5.41, 5.74) is 0.203. The van der Waals surface area contributed by atoms with Crippen molar-refractivity contribution in [1.82, 2.24) is 15.0 Å². The molecular weight excluding hydrogens is 476 g/mol. The van der Waals surface area contributed by atoms with Crippen molar-refractivity contribution >= 4 is 28.9 Å². The number of rotatable bonds is 7. The second-order valence-corrected chi connectivity index (χ2v) is 11.9. The van der Waals surface area contributed by atoms with Gasteiger partial charge in [0, 0.05) is 24.1 Å². The van der Waals surface area contributed by atoms with Crippen molar-refractivity contribution in [2.75, 3.05) is 5.32 Å². The minimum Gasteiger partial charge on any atom is -0.481 e. The van der Waals surface area contributed by atoms with Gasteiger partial charge in [0.15, 0.2) is 0 Å². The Bertz CT molecular complexity index is 1270. The van der Waals surface area contributed by atoms with E-state index in [0.29, 0.717) is 36.1 Å². The highest BCUT2D eigenvalue weighted by atomic mass is 32.1. The summed E-state index contributed by atoms with van der Waals surface area (Å²) in [6.45, 7) is 11.5. The largest absolute Gasteiger partial charge is 0.481 e. The van der Waals surface area contributed by atoms with Gasteiger partial charge >= 0.3 is 5.97 Å². The maximum absolute atomic E-state index is 12.0. The van der Waals surface area contributed by atoms with E-state index < -0.39 is 22.4 Å². The van der Waals surface area contributed by atoms with E-state index in [0.717, 1.165) is 21.7 Å². The van der Waals surface area contributed by atoms with Gasteiger partial charge in [0.05, 0.1) is 16.4 Å². The molecule has 2 aromatic heterocycles. The lowest BCUT2D eigenvalue weighted by Gasteiger charge is -2.50. The number of benzene rings is 1. The molecule has 36 heavy (non-hydrogen) atoms. The molecule has 3 N–H and O–H groups in total. The van der Waals surface area contributed by atoms with E-state index in [4.69, 9.17) is 4.74 Å². The predicted molar refractivity (Wildman–Crippen MR) is 141 cm³/mol. The molecule has 8 nitrogen and oxygen atoms in total. The van der Waals surface area contributed by atoms with Gasteiger partial charge in [-0.2, -0.15) is 4.98 Å². The second-order valence-electron chi connectivity index (χ2n) is 10.9. The van der Waals surface area contributed by atoms with Gasteiger partial charge in [0.1, 0.15) is 10.6 Å². The molecule has 1 aliphatic rings. The summed E-state index contributed by atoms with van der Waals surface area (Å²) in [5, 5.41) is 25.3. The van der Waals surface area contributed by atoms with Crippen LogP contribution in [0.4, 0.5) is 11.6 Å². The van der Waals surface area contributed by atoms with Crippen LogP contribution in [0, 0.1) is 17.8 Å². The first kappa shape index (κ1) is 26.0. The van der Waals surface area contributed by atoms with E-state index in [1.165, 1.54) is 11.3 Å². The van der Waals surface area contributed by atoms with E-state index in [1.807, 2.05) is 46.8 Å². The fourth-order valence-electron chi connectivity index (χ4n) is 4.85. The zero-order valence-corrected chi connectivity index (χ0v) is 22.4. The number of ether oxygens (including phenoxy) is 1. The van der Waals surface area contributed by atoms with Crippen LogP contribution in [0.2, 0.25) is 0 Å². The highest BCUT2D eigenvalue weighted by Gasteiger charge is 2.56. The third-order valence-corrected chi connectivity index (χ3v) is 8.49. The Labute approximate surface area is 215 Å². The maximum atomic E-state index is 12.0. The van der Waals surface area contributed by atoms with Crippen LogP contribution < -0.4 is 10.1 Å². The first-order valence-electron chi connectivity index (χ1n) is 12.1. The molecule has 1 fully saturated rings. The molecule has 9 heteroatoms. The summed E-state index contributed by atoms with van der Waals surface area (Å²) in [6, 6.07) is 7.80. The Balaban J connectivity index is 1.58. The minimum atomic E-state index is -1.16. The fourth-order valence-corrected chi connectivity index (χ4v) is 5.87. The molecule has 1 aromatic carbocycles. The number of thiazole rings is 1. The van der Waals surface area contributed by atoms with Gasteiger partial charge in [-0.25, -0.2) is 9.97 Å². The number of nitrogens with zero attached hydrogens (tertiary/aromatic N) is 3. The molecule has 0 aliphatic heterocycles. The van der Waals surface area contributed by atoms with Gasteiger partial charge in [-0.3, -0.25) is 4.79 Å². The SMILES string of the molecule is Cc1cc(Nc2nccc(OC(C)C)n2)cc(-c2cnc([C@@]3(O)CC[C@](C)(C(=O)O)C(C)(C)C3)s2)c1. The Morgan fingerprint density at radius 3 is 2.58 bits per heavy atom. The van der Waals surface area contributed by atoms with E-state index >= 15 is 0 Å². The maximum Gasteiger partial charge on any atom is 0.309 e. The number of aromatic nitrogens is 3. The molecule has 2 heterocycles. The van der Waals surface area contributed by atoms with Gasteiger partial charge in [0.25, 0.3) is 0 Å². The molecule has 1 saturated carbocycles. The van der Waals surface area contributed by atoms with Crippen molar-refractivity contribution in [1.29, 1.82) is 0 Å². The molecule has 1 aliphatic carbocycles. The van der Waals surface area contributed by atoms with Gasteiger partial charge in [-0.15, -0.1) is 11.3 Å².